The van der Waals surface area contributed by atoms with Crippen molar-refractivity contribution >= 4 is 40.0 Å². The molecule has 5 nitrogen and oxygen atoms in total. The Morgan fingerprint density at radius 3 is 2.79 bits per heavy atom. The molecule has 2 heterocycles. The summed E-state index contributed by atoms with van der Waals surface area (Å²) in [6, 6.07) is 0. The van der Waals surface area contributed by atoms with E-state index in [1.54, 1.807) is 0 Å². The largest absolute Gasteiger partial charge is 0.382 e. The number of amides is 1. The van der Waals surface area contributed by atoms with Crippen molar-refractivity contribution in [3.63, 3.8) is 0 Å². The van der Waals surface area contributed by atoms with E-state index in [2.05, 4.69) is 11.9 Å². The molecule has 1 aliphatic rings. The molecule has 0 spiro atoms. The molecule has 0 aromatic carbocycles. The summed E-state index contributed by atoms with van der Waals surface area (Å²) in [5.74, 6) is 2.41. The number of nitrogens with zero attached hydrogens (tertiary/aromatic N) is 3. The lowest BCUT2D eigenvalue weighted by Gasteiger charge is -2.25. The van der Waals surface area contributed by atoms with E-state index >= 15 is 0 Å². The Morgan fingerprint density at radius 1 is 1.47 bits per heavy atom. The molecule has 1 saturated heterocycles. The van der Waals surface area contributed by atoms with Crippen LogP contribution in [0.2, 0.25) is 0 Å². The van der Waals surface area contributed by atoms with E-state index in [1.807, 2.05) is 28.6 Å². The summed E-state index contributed by atoms with van der Waals surface area (Å²) in [7, 11) is 1.98. The maximum Gasteiger partial charge on any atom is 0.267 e. The number of thiazole rings is 1. The van der Waals surface area contributed by atoms with Gasteiger partial charge in [0.1, 0.15) is 10.7 Å². The van der Waals surface area contributed by atoms with Crippen molar-refractivity contribution in [2.24, 2.45) is 0 Å². The highest BCUT2D eigenvalue weighted by molar-refractivity contribution is 7.99. The topological polar surface area (TPSA) is 62.5 Å². The number of carbonyl (C=O) groups excluding carboxylic acids is 1. The average molecular weight is 300 g/mol. The zero-order valence-corrected chi connectivity index (χ0v) is 13.0. The van der Waals surface area contributed by atoms with Crippen LogP contribution in [0.3, 0.4) is 0 Å². The molecule has 0 unspecified atom stereocenters. The third-order valence-corrected chi connectivity index (χ3v) is 5.14. The molecule has 0 aliphatic carbocycles. The van der Waals surface area contributed by atoms with E-state index < -0.39 is 0 Å². The van der Waals surface area contributed by atoms with Gasteiger partial charge in [0.15, 0.2) is 5.13 Å². The van der Waals surface area contributed by atoms with Gasteiger partial charge in [0.05, 0.1) is 0 Å². The maximum absolute atomic E-state index is 12.4. The Kier molecular flexibility index (Phi) is 4.93. The van der Waals surface area contributed by atoms with Gasteiger partial charge in [-0.25, -0.2) is 4.98 Å². The Bertz CT molecular complexity index is 443. The molecular weight excluding hydrogens is 280 g/mol. The van der Waals surface area contributed by atoms with Crippen LogP contribution in [0.4, 0.5) is 10.9 Å². The molecule has 1 aromatic heterocycles. The van der Waals surface area contributed by atoms with E-state index in [-0.39, 0.29) is 5.91 Å². The van der Waals surface area contributed by atoms with E-state index in [1.165, 1.54) is 11.3 Å². The maximum atomic E-state index is 12.4. The molecule has 1 aliphatic heterocycles. The monoisotopic (exact) mass is 300 g/mol. The summed E-state index contributed by atoms with van der Waals surface area (Å²) in [6.07, 6.45) is 1.04. The van der Waals surface area contributed by atoms with Gasteiger partial charge in [-0.15, -0.1) is 0 Å². The Balaban J connectivity index is 2.13. The highest BCUT2D eigenvalue weighted by Crippen LogP contribution is 2.29. The summed E-state index contributed by atoms with van der Waals surface area (Å²) < 4.78 is 0. The summed E-state index contributed by atoms with van der Waals surface area (Å²) in [5, 5.41) is 0.828. The zero-order chi connectivity index (χ0) is 13.8. The predicted octanol–water partition coefficient (Wildman–Crippen LogP) is 1.76. The number of hydrogen-bond donors (Lipinski definition) is 1. The number of anilines is 2. The fourth-order valence-electron chi connectivity index (χ4n) is 1.98. The molecule has 0 radical (unpaired) electrons. The van der Waals surface area contributed by atoms with Crippen LogP contribution in [-0.2, 0) is 0 Å². The van der Waals surface area contributed by atoms with E-state index in [0.717, 1.165) is 42.7 Å². The van der Waals surface area contributed by atoms with Gasteiger partial charge in [-0.3, -0.25) is 4.79 Å². The second-order valence-corrected chi connectivity index (χ2v) is 6.74. The second kappa shape index (κ2) is 6.47. The van der Waals surface area contributed by atoms with E-state index in [0.29, 0.717) is 10.7 Å². The van der Waals surface area contributed by atoms with Gasteiger partial charge in [0, 0.05) is 38.2 Å². The molecule has 0 saturated carbocycles. The molecule has 1 aromatic rings. The first-order chi connectivity index (χ1) is 9.13. The van der Waals surface area contributed by atoms with Gasteiger partial charge in [-0.05, 0) is 6.42 Å². The van der Waals surface area contributed by atoms with Crippen LogP contribution in [0.15, 0.2) is 0 Å². The normalized spacial score (nSPS) is 15.6. The van der Waals surface area contributed by atoms with Gasteiger partial charge in [0.25, 0.3) is 5.91 Å². The Labute approximate surface area is 122 Å². The van der Waals surface area contributed by atoms with Crippen molar-refractivity contribution in [3.8, 4) is 0 Å². The van der Waals surface area contributed by atoms with Crippen molar-refractivity contribution in [1.29, 1.82) is 0 Å². The number of rotatable bonds is 4. The van der Waals surface area contributed by atoms with E-state index in [4.69, 9.17) is 5.73 Å². The van der Waals surface area contributed by atoms with Gasteiger partial charge in [-0.1, -0.05) is 18.3 Å². The lowest BCUT2D eigenvalue weighted by molar-refractivity contribution is 0.0778. The molecule has 2 N–H and O–H groups in total. The predicted molar refractivity (Wildman–Crippen MR) is 83.3 cm³/mol. The third kappa shape index (κ3) is 3.33. The molecule has 19 heavy (non-hydrogen) atoms. The number of nitrogens with two attached hydrogens (primary N) is 1. The average Bonchev–Trinajstić information content (AvgIpc) is 2.81. The SMILES string of the molecule is CCCN(C)c1nc(N)c(C(=O)N2CCSCC2)s1. The van der Waals surface area contributed by atoms with Crippen molar-refractivity contribution < 1.29 is 4.79 Å². The van der Waals surface area contributed by atoms with Gasteiger partial charge in [0.2, 0.25) is 0 Å². The van der Waals surface area contributed by atoms with Crippen LogP contribution in [0, 0.1) is 0 Å². The second-order valence-electron chi connectivity index (χ2n) is 4.54. The summed E-state index contributed by atoms with van der Waals surface area (Å²) in [5.41, 5.74) is 5.90. The van der Waals surface area contributed by atoms with Crippen LogP contribution in [-0.4, -0.2) is 54.0 Å². The number of nitrogen functional groups attached to an aromatic ring is 1. The molecule has 0 atom stereocenters. The number of thioether (sulfide) groups is 1. The summed E-state index contributed by atoms with van der Waals surface area (Å²) in [6.45, 7) is 4.65. The van der Waals surface area contributed by atoms with Gasteiger partial charge in [-0.2, -0.15) is 11.8 Å². The smallest absolute Gasteiger partial charge is 0.267 e. The molecule has 1 fully saturated rings. The third-order valence-electron chi connectivity index (χ3n) is 3.02. The molecular formula is C12H20N4OS2. The first-order valence-electron chi connectivity index (χ1n) is 6.48. The first kappa shape index (κ1) is 14.5. The Hall–Kier alpha value is -0.950. The first-order valence-corrected chi connectivity index (χ1v) is 8.45. The van der Waals surface area contributed by atoms with Crippen molar-refractivity contribution in [3.05, 3.63) is 4.88 Å². The molecule has 0 bridgehead atoms. The number of hydrogen-bond acceptors (Lipinski definition) is 6. The standard InChI is InChI=1S/C12H20N4OS2/c1-3-4-15(2)12-14-10(13)9(19-12)11(17)16-5-7-18-8-6-16/h3-8,13H2,1-2H3. The minimum Gasteiger partial charge on any atom is -0.382 e. The number of carbonyl (C=O) groups is 1. The molecule has 7 heteroatoms. The molecule has 106 valence electrons. The van der Waals surface area contributed by atoms with Crippen molar-refractivity contribution in [2.45, 2.75) is 13.3 Å². The van der Waals surface area contributed by atoms with Crippen LogP contribution in [0.25, 0.3) is 0 Å². The van der Waals surface area contributed by atoms with Crippen LogP contribution in [0.5, 0.6) is 0 Å². The van der Waals surface area contributed by atoms with Crippen LogP contribution >= 0.6 is 23.1 Å². The van der Waals surface area contributed by atoms with Gasteiger partial charge < -0.3 is 15.5 Å². The minimum absolute atomic E-state index is 0.0337. The zero-order valence-electron chi connectivity index (χ0n) is 11.4. The lowest BCUT2D eigenvalue weighted by atomic mass is 10.4. The quantitative estimate of drug-likeness (QED) is 0.918. The minimum atomic E-state index is 0.0337. The molecule has 2 rings (SSSR count). The highest BCUT2D eigenvalue weighted by atomic mass is 32.2. The summed E-state index contributed by atoms with van der Waals surface area (Å²) in [4.78, 5) is 21.2. The number of aromatic nitrogens is 1. The summed E-state index contributed by atoms with van der Waals surface area (Å²) >= 11 is 3.29. The lowest BCUT2D eigenvalue weighted by Crippen LogP contribution is -2.37. The molecule has 1 amide bonds. The fourth-order valence-corrected chi connectivity index (χ4v) is 3.82. The van der Waals surface area contributed by atoms with Crippen LogP contribution in [0.1, 0.15) is 23.0 Å². The Morgan fingerprint density at radius 2 is 2.16 bits per heavy atom. The van der Waals surface area contributed by atoms with E-state index in [9.17, 15) is 4.79 Å². The van der Waals surface area contributed by atoms with Gasteiger partial charge >= 0.3 is 0 Å². The van der Waals surface area contributed by atoms with Crippen molar-refractivity contribution in [1.82, 2.24) is 9.88 Å². The van der Waals surface area contributed by atoms with Crippen molar-refractivity contribution in [2.75, 3.05) is 48.8 Å². The fraction of sp³-hybridized carbons (Fsp3) is 0.667. The highest BCUT2D eigenvalue weighted by Gasteiger charge is 2.24. The van der Waals surface area contributed by atoms with Crippen LogP contribution < -0.4 is 10.6 Å².